The Balaban J connectivity index is 1.49. The van der Waals surface area contributed by atoms with Gasteiger partial charge in [0.15, 0.2) is 0 Å². The molecule has 1 aliphatic carbocycles. The average molecular weight is 508 g/mol. The van der Waals surface area contributed by atoms with E-state index in [1.54, 1.807) is 25.1 Å². The Morgan fingerprint density at radius 3 is 2.51 bits per heavy atom. The molecular weight excluding hydrogens is 485 g/mol. The number of hydrogen-bond donors (Lipinski definition) is 1. The number of para-hydroxylation sites is 1. The minimum absolute atomic E-state index is 0.231. The van der Waals surface area contributed by atoms with Crippen LogP contribution in [-0.2, 0) is 11.4 Å². The van der Waals surface area contributed by atoms with E-state index in [2.05, 4.69) is 5.16 Å². The van der Waals surface area contributed by atoms with Gasteiger partial charge in [-0.15, -0.1) is 0 Å². The molecule has 0 radical (unpaired) electrons. The highest BCUT2D eigenvalue weighted by Gasteiger charge is 2.33. The number of carbonyl (C=O) groups is 1. The van der Waals surface area contributed by atoms with Gasteiger partial charge in [0, 0.05) is 17.0 Å². The van der Waals surface area contributed by atoms with E-state index in [1.807, 2.05) is 48.5 Å². The standard InChI is InChI=1S/C28H23Cl2NO4/c1-16(28(32)33)18-6-4-7-19(14-18)20-8-2-3-11-24(20)34-15-21-26(31-35-27(21)17-12-13-17)25-22(29)9-5-10-23(25)30/h2-11,14,16-17H,12-13,15H2,1H3,(H,32,33). The molecule has 0 bridgehead atoms. The van der Waals surface area contributed by atoms with Crippen LogP contribution in [0.25, 0.3) is 22.4 Å². The maximum Gasteiger partial charge on any atom is 0.310 e. The molecule has 1 saturated carbocycles. The molecule has 0 spiro atoms. The maximum absolute atomic E-state index is 11.5. The van der Waals surface area contributed by atoms with E-state index in [-0.39, 0.29) is 6.61 Å². The van der Waals surface area contributed by atoms with Gasteiger partial charge in [-0.3, -0.25) is 4.79 Å². The zero-order chi connectivity index (χ0) is 24.5. The van der Waals surface area contributed by atoms with Crippen LogP contribution in [-0.4, -0.2) is 16.2 Å². The number of nitrogens with zero attached hydrogens (tertiary/aromatic N) is 1. The molecule has 4 aromatic rings. The van der Waals surface area contributed by atoms with Crippen molar-refractivity contribution in [2.75, 3.05) is 0 Å². The van der Waals surface area contributed by atoms with Gasteiger partial charge in [-0.1, -0.05) is 76.9 Å². The Kier molecular flexibility index (Phi) is 6.54. The monoisotopic (exact) mass is 507 g/mol. The molecule has 0 saturated heterocycles. The quantitative estimate of drug-likeness (QED) is 0.261. The van der Waals surface area contributed by atoms with E-state index in [0.29, 0.717) is 33.0 Å². The fourth-order valence-electron chi connectivity index (χ4n) is 4.15. The van der Waals surface area contributed by atoms with Crippen molar-refractivity contribution in [1.82, 2.24) is 5.16 Å². The predicted molar refractivity (Wildman–Crippen MR) is 136 cm³/mol. The molecule has 1 unspecified atom stereocenters. The Morgan fingerprint density at radius 1 is 1.09 bits per heavy atom. The molecule has 1 fully saturated rings. The van der Waals surface area contributed by atoms with Gasteiger partial charge in [-0.05, 0) is 49.1 Å². The molecule has 5 rings (SSSR count). The number of hydrogen-bond acceptors (Lipinski definition) is 4. The predicted octanol–water partition coefficient (Wildman–Crippen LogP) is 7.96. The first-order valence-electron chi connectivity index (χ1n) is 11.4. The molecule has 1 aromatic heterocycles. The lowest BCUT2D eigenvalue weighted by Gasteiger charge is -2.14. The minimum Gasteiger partial charge on any atom is -0.488 e. The summed E-state index contributed by atoms with van der Waals surface area (Å²) in [6.07, 6.45) is 2.09. The van der Waals surface area contributed by atoms with Crippen molar-refractivity contribution in [3.05, 3.63) is 93.7 Å². The van der Waals surface area contributed by atoms with Crippen molar-refractivity contribution < 1.29 is 19.2 Å². The van der Waals surface area contributed by atoms with Gasteiger partial charge >= 0.3 is 5.97 Å². The van der Waals surface area contributed by atoms with Crippen LogP contribution in [0.4, 0.5) is 0 Å². The largest absolute Gasteiger partial charge is 0.488 e. The van der Waals surface area contributed by atoms with Crippen molar-refractivity contribution >= 4 is 29.2 Å². The third kappa shape index (κ3) is 4.79. The van der Waals surface area contributed by atoms with Crippen LogP contribution in [0.15, 0.2) is 71.3 Å². The summed E-state index contributed by atoms with van der Waals surface area (Å²) in [6, 6.07) is 20.6. The number of halogens is 2. The summed E-state index contributed by atoms with van der Waals surface area (Å²) in [5, 5.41) is 14.7. The van der Waals surface area contributed by atoms with Crippen molar-refractivity contribution in [3.8, 4) is 28.1 Å². The first-order chi connectivity index (χ1) is 16.9. The van der Waals surface area contributed by atoms with Crippen molar-refractivity contribution in [2.45, 2.75) is 38.2 Å². The van der Waals surface area contributed by atoms with E-state index in [4.69, 9.17) is 32.5 Å². The van der Waals surface area contributed by atoms with Crippen LogP contribution in [0.5, 0.6) is 5.75 Å². The molecule has 0 amide bonds. The second-order valence-electron chi connectivity index (χ2n) is 8.72. The average Bonchev–Trinajstić information content (AvgIpc) is 3.62. The smallest absolute Gasteiger partial charge is 0.310 e. The van der Waals surface area contributed by atoms with Crippen LogP contribution in [0.2, 0.25) is 10.0 Å². The zero-order valence-electron chi connectivity index (χ0n) is 19.0. The summed E-state index contributed by atoms with van der Waals surface area (Å²) in [7, 11) is 0. The van der Waals surface area contributed by atoms with Gasteiger partial charge in [0.2, 0.25) is 0 Å². The van der Waals surface area contributed by atoms with Crippen LogP contribution >= 0.6 is 23.2 Å². The number of benzene rings is 3. The highest BCUT2D eigenvalue weighted by atomic mass is 35.5. The van der Waals surface area contributed by atoms with Crippen molar-refractivity contribution in [3.63, 3.8) is 0 Å². The van der Waals surface area contributed by atoms with Crippen LogP contribution in [0, 0.1) is 0 Å². The fraction of sp³-hybridized carbons (Fsp3) is 0.214. The first-order valence-corrected chi connectivity index (χ1v) is 12.2. The topological polar surface area (TPSA) is 72.6 Å². The Morgan fingerprint density at radius 2 is 1.80 bits per heavy atom. The molecule has 5 nitrogen and oxygen atoms in total. The van der Waals surface area contributed by atoms with Crippen LogP contribution < -0.4 is 4.74 Å². The van der Waals surface area contributed by atoms with Crippen molar-refractivity contribution in [1.29, 1.82) is 0 Å². The van der Waals surface area contributed by atoms with E-state index < -0.39 is 11.9 Å². The van der Waals surface area contributed by atoms with E-state index in [1.165, 1.54) is 0 Å². The van der Waals surface area contributed by atoms with Gasteiger partial charge < -0.3 is 14.4 Å². The van der Waals surface area contributed by atoms with E-state index >= 15 is 0 Å². The normalized spacial score (nSPS) is 14.0. The van der Waals surface area contributed by atoms with Gasteiger partial charge in [0.05, 0.1) is 21.5 Å². The second-order valence-corrected chi connectivity index (χ2v) is 9.53. The molecule has 3 aromatic carbocycles. The van der Waals surface area contributed by atoms with E-state index in [9.17, 15) is 9.90 Å². The summed E-state index contributed by atoms with van der Waals surface area (Å²) in [4.78, 5) is 11.5. The number of ether oxygens (including phenoxy) is 1. The number of rotatable bonds is 8. The number of carboxylic acids is 1. The first kappa shape index (κ1) is 23.5. The van der Waals surface area contributed by atoms with Gasteiger partial charge in [-0.25, -0.2) is 0 Å². The summed E-state index contributed by atoms with van der Waals surface area (Å²) >= 11 is 13.0. The summed E-state index contributed by atoms with van der Waals surface area (Å²) in [6.45, 7) is 1.91. The highest BCUT2D eigenvalue weighted by molar-refractivity contribution is 6.39. The third-order valence-corrected chi connectivity index (χ3v) is 6.92. The minimum atomic E-state index is -0.863. The molecule has 1 heterocycles. The summed E-state index contributed by atoms with van der Waals surface area (Å²) < 4.78 is 12.1. The number of aromatic nitrogens is 1. The molecule has 35 heavy (non-hydrogen) atoms. The highest BCUT2D eigenvalue weighted by Crippen LogP contribution is 2.46. The molecule has 178 valence electrons. The van der Waals surface area contributed by atoms with E-state index in [0.717, 1.165) is 40.9 Å². The second kappa shape index (κ2) is 9.76. The third-order valence-electron chi connectivity index (χ3n) is 6.29. The van der Waals surface area contributed by atoms with Crippen LogP contribution in [0.3, 0.4) is 0 Å². The summed E-state index contributed by atoms with van der Waals surface area (Å²) in [5.41, 5.74) is 4.55. The lowest BCUT2D eigenvalue weighted by Crippen LogP contribution is -2.07. The Bertz CT molecular complexity index is 1370. The lowest BCUT2D eigenvalue weighted by atomic mass is 9.96. The van der Waals surface area contributed by atoms with Gasteiger partial charge in [0.1, 0.15) is 23.8 Å². The molecule has 0 aliphatic heterocycles. The summed E-state index contributed by atoms with van der Waals surface area (Å²) in [5.74, 6) is 0.333. The lowest BCUT2D eigenvalue weighted by molar-refractivity contribution is -0.138. The maximum atomic E-state index is 11.5. The molecule has 7 heteroatoms. The SMILES string of the molecule is CC(C(=O)O)c1cccc(-c2ccccc2OCc2c(-c3c(Cl)cccc3Cl)noc2C2CC2)c1. The number of carboxylic acid groups (broad SMARTS) is 1. The Hall–Kier alpha value is -3.28. The molecule has 1 atom stereocenters. The molecular formula is C28H23Cl2NO4. The molecule has 1 aliphatic rings. The van der Waals surface area contributed by atoms with Crippen LogP contribution in [0.1, 0.15) is 48.5 Å². The van der Waals surface area contributed by atoms with Gasteiger partial charge in [-0.2, -0.15) is 0 Å². The van der Waals surface area contributed by atoms with Gasteiger partial charge in [0.25, 0.3) is 0 Å². The number of aliphatic carboxylic acids is 1. The Labute approximate surface area is 213 Å². The fourth-order valence-corrected chi connectivity index (χ4v) is 4.72. The zero-order valence-corrected chi connectivity index (χ0v) is 20.5. The van der Waals surface area contributed by atoms with Crippen molar-refractivity contribution in [2.24, 2.45) is 0 Å². The molecule has 1 N–H and O–H groups in total.